The number of phenols is 1. The van der Waals surface area contributed by atoms with E-state index in [9.17, 15) is 9.50 Å². The number of piperazine rings is 1. The highest BCUT2D eigenvalue weighted by Gasteiger charge is 2.36. The van der Waals surface area contributed by atoms with E-state index in [4.69, 9.17) is 11.5 Å². The minimum Gasteiger partial charge on any atom is -0.508 e. The molecule has 1 saturated carbocycles. The average molecular weight is 486 g/mol. The van der Waals surface area contributed by atoms with Crippen LogP contribution < -0.4 is 10.2 Å². The number of hydrogen-bond acceptors (Lipinski definition) is 5. The lowest BCUT2D eigenvalue weighted by Crippen LogP contribution is -2.51. The number of hydrogen-bond donors (Lipinski definition) is 2. The van der Waals surface area contributed by atoms with Crippen LogP contribution in [0.3, 0.4) is 0 Å². The number of rotatable bonds is 3. The second-order valence-corrected chi connectivity index (χ2v) is 10.2. The Labute approximate surface area is 206 Å². The molecule has 2 unspecified atom stereocenters. The minimum atomic E-state index is -0.575. The molecule has 0 amide bonds. The van der Waals surface area contributed by atoms with Crippen molar-refractivity contribution in [3.05, 3.63) is 47.7 Å². The summed E-state index contributed by atoms with van der Waals surface area (Å²) in [6.07, 6.45) is 12.6. The summed E-state index contributed by atoms with van der Waals surface area (Å²) < 4.78 is 32.9. The molecule has 2 aromatic heterocycles. The fourth-order valence-electron chi connectivity index (χ4n) is 6.11. The molecule has 2 atom stereocenters. The molecule has 7 rings (SSSR count). The first-order chi connectivity index (χ1) is 17.5. The van der Waals surface area contributed by atoms with Gasteiger partial charge in [0.05, 0.1) is 17.0 Å². The third-order valence-electron chi connectivity index (χ3n) is 8.05. The summed E-state index contributed by atoms with van der Waals surface area (Å²) in [5, 5.41) is 20.5. The van der Waals surface area contributed by atoms with Crippen molar-refractivity contribution in [2.75, 3.05) is 18.0 Å². The van der Waals surface area contributed by atoms with E-state index in [0.717, 1.165) is 51.0 Å². The van der Waals surface area contributed by atoms with Crippen molar-refractivity contribution in [3.63, 3.8) is 0 Å². The van der Waals surface area contributed by atoms with Gasteiger partial charge in [0.25, 0.3) is 0 Å². The van der Waals surface area contributed by atoms with Crippen molar-refractivity contribution < 1.29 is 13.9 Å². The van der Waals surface area contributed by atoms with Gasteiger partial charge in [0.15, 0.2) is 11.6 Å². The molecule has 3 aliphatic rings. The molecule has 3 fully saturated rings. The minimum absolute atomic E-state index is 0.0216. The molecule has 2 saturated heterocycles. The first kappa shape index (κ1) is 21.6. The van der Waals surface area contributed by atoms with Gasteiger partial charge in [0.2, 0.25) is 0 Å². The van der Waals surface area contributed by atoms with Gasteiger partial charge in [0, 0.05) is 42.3 Å². The highest BCUT2D eigenvalue weighted by molar-refractivity contribution is 6.03. The van der Waals surface area contributed by atoms with E-state index in [-0.39, 0.29) is 28.6 Å². The van der Waals surface area contributed by atoms with E-state index in [1.165, 1.54) is 24.3 Å². The van der Waals surface area contributed by atoms with Crippen LogP contribution in [0.15, 0.2) is 30.5 Å². The summed E-state index contributed by atoms with van der Waals surface area (Å²) in [7, 11) is 0. The Bertz CT molecular complexity index is 1570. The van der Waals surface area contributed by atoms with Crippen LogP contribution in [0.4, 0.5) is 14.6 Å². The molecule has 182 valence electrons. The fraction of sp³-hybridized carbons (Fsp3) is 0.357. The smallest absolute Gasteiger partial charge is 0.175 e. The Morgan fingerprint density at radius 2 is 1.86 bits per heavy atom. The zero-order valence-electron chi connectivity index (χ0n) is 19.6. The summed E-state index contributed by atoms with van der Waals surface area (Å²) in [6.45, 7) is 1.66. The summed E-state index contributed by atoms with van der Waals surface area (Å²) in [5.41, 5.74) is 0.715. The van der Waals surface area contributed by atoms with Crippen molar-refractivity contribution in [1.29, 1.82) is 0 Å². The number of aromatic hydroxyl groups is 1. The van der Waals surface area contributed by atoms with E-state index in [2.05, 4.69) is 21.1 Å². The lowest BCUT2D eigenvalue weighted by Gasteiger charge is -2.33. The predicted molar refractivity (Wildman–Crippen MR) is 135 cm³/mol. The zero-order chi connectivity index (χ0) is 24.6. The third-order valence-corrected chi connectivity index (χ3v) is 8.05. The Hall–Kier alpha value is -3.70. The lowest BCUT2D eigenvalue weighted by molar-refractivity contribution is 0.295. The second kappa shape index (κ2) is 7.90. The van der Waals surface area contributed by atoms with Crippen LogP contribution in [-0.2, 0) is 0 Å². The van der Waals surface area contributed by atoms with Gasteiger partial charge in [-0.2, -0.15) is 5.10 Å². The SMILES string of the molecule is C#Cc1c(F)ccc2cc(O)cc(-c3ncc4c(N5CC6CCC(C5)N6)nn(C5CCC5)c4c3F)c12. The Morgan fingerprint density at radius 3 is 2.56 bits per heavy atom. The van der Waals surface area contributed by atoms with Crippen molar-refractivity contribution in [2.45, 2.75) is 50.2 Å². The maximum atomic E-state index is 16.5. The fourth-order valence-corrected chi connectivity index (χ4v) is 6.11. The second-order valence-electron chi connectivity index (χ2n) is 10.2. The standard InChI is InChI=1S/C28H25F2N5O/c1-2-20-23(29)9-6-15-10-19(36)11-21(24(15)20)26-25(30)27-22(12-31-26)28(33-35(27)18-4-3-5-18)34-13-16-7-8-17(14-34)32-16/h1,6,9-12,16-18,32,36H,3-5,7-8,13-14H2. The topological polar surface area (TPSA) is 66.2 Å². The number of benzene rings is 2. The van der Waals surface area contributed by atoms with Crippen LogP contribution in [0.25, 0.3) is 32.9 Å². The summed E-state index contributed by atoms with van der Waals surface area (Å²) in [6, 6.07) is 6.64. The molecule has 0 spiro atoms. The summed E-state index contributed by atoms with van der Waals surface area (Å²) >= 11 is 0. The van der Waals surface area contributed by atoms with Crippen molar-refractivity contribution in [3.8, 4) is 29.4 Å². The molecule has 36 heavy (non-hydrogen) atoms. The maximum Gasteiger partial charge on any atom is 0.175 e. The number of halogens is 2. The molecule has 2 aliphatic heterocycles. The molecule has 2 bridgehead atoms. The van der Waals surface area contributed by atoms with E-state index in [1.54, 1.807) is 6.20 Å². The maximum absolute atomic E-state index is 16.5. The van der Waals surface area contributed by atoms with Gasteiger partial charge in [-0.05, 0) is 55.7 Å². The third kappa shape index (κ3) is 3.12. The average Bonchev–Trinajstić information content (AvgIpc) is 3.38. The number of phenolic OH excluding ortho intramolecular Hbond substituents is 1. The Kier molecular flexibility index (Phi) is 4.74. The van der Waals surface area contributed by atoms with Crippen LogP contribution in [0.2, 0.25) is 0 Å². The van der Waals surface area contributed by atoms with Crippen molar-refractivity contribution in [2.24, 2.45) is 0 Å². The van der Waals surface area contributed by atoms with Gasteiger partial charge in [-0.25, -0.2) is 8.78 Å². The van der Waals surface area contributed by atoms with Gasteiger partial charge >= 0.3 is 0 Å². The van der Waals surface area contributed by atoms with Crippen molar-refractivity contribution >= 4 is 27.5 Å². The van der Waals surface area contributed by atoms with E-state index >= 15 is 4.39 Å². The van der Waals surface area contributed by atoms with E-state index in [0.29, 0.717) is 33.8 Å². The first-order valence-electron chi connectivity index (χ1n) is 12.5. The van der Waals surface area contributed by atoms with Crippen LogP contribution in [0.1, 0.15) is 43.7 Å². The van der Waals surface area contributed by atoms with Gasteiger partial charge in [-0.15, -0.1) is 6.42 Å². The number of pyridine rings is 1. The van der Waals surface area contributed by atoms with Crippen molar-refractivity contribution in [1.82, 2.24) is 20.1 Å². The van der Waals surface area contributed by atoms with E-state index in [1.807, 2.05) is 4.68 Å². The Morgan fingerprint density at radius 1 is 1.08 bits per heavy atom. The highest BCUT2D eigenvalue weighted by atomic mass is 19.1. The van der Waals surface area contributed by atoms with Crippen LogP contribution >= 0.6 is 0 Å². The molecule has 4 aromatic rings. The molecular weight excluding hydrogens is 460 g/mol. The monoisotopic (exact) mass is 485 g/mol. The number of fused-ring (bicyclic) bond motifs is 4. The Balaban J connectivity index is 1.47. The number of nitrogens with zero attached hydrogens (tertiary/aromatic N) is 4. The van der Waals surface area contributed by atoms with Crippen LogP contribution in [0.5, 0.6) is 5.75 Å². The largest absolute Gasteiger partial charge is 0.508 e. The number of anilines is 1. The molecule has 2 aromatic carbocycles. The van der Waals surface area contributed by atoms with Gasteiger partial charge in [-0.1, -0.05) is 12.0 Å². The quantitative estimate of drug-likeness (QED) is 0.405. The zero-order valence-corrected chi connectivity index (χ0v) is 19.6. The number of aromatic nitrogens is 3. The molecule has 8 heteroatoms. The summed E-state index contributed by atoms with van der Waals surface area (Å²) in [4.78, 5) is 6.78. The van der Waals surface area contributed by atoms with Gasteiger partial charge in [0.1, 0.15) is 22.8 Å². The number of nitrogens with one attached hydrogen (secondary N) is 1. The van der Waals surface area contributed by atoms with E-state index < -0.39 is 11.6 Å². The highest BCUT2D eigenvalue weighted by Crippen LogP contribution is 2.42. The lowest BCUT2D eigenvalue weighted by atomic mass is 9.93. The predicted octanol–water partition coefficient (Wildman–Crippen LogP) is 4.88. The molecular formula is C28H25F2N5O. The van der Waals surface area contributed by atoms with Gasteiger partial charge in [-0.3, -0.25) is 9.67 Å². The van der Waals surface area contributed by atoms with Gasteiger partial charge < -0.3 is 15.3 Å². The van der Waals surface area contributed by atoms with Crippen LogP contribution in [0, 0.1) is 24.0 Å². The molecule has 1 aliphatic carbocycles. The molecule has 6 nitrogen and oxygen atoms in total. The number of terminal acetylenes is 1. The molecule has 4 heterocycles. The first-order valence-corrected chi connectivity index (χ1v) is 12.5. The molecule has 0 radical (unpaired) electrons. The normalized spacial score (nSPS) is 21.8. The molecule has 2 N–H and O–H groups in total. The summed E-state index contributed by atoms with van der Waals surface area (Å²) in [5.74, 6) is 1.99. The van der Waals surface area contributed by atoms with Crippen LogP contribution in [-0.4, -0.2) is 45.0 Å².